The zero-order valence-corrected chi connectivity index (χ0v) is 17.4. The van der Waals surface area contributed by atoms with Gasteiger partial charge in [-0.05, 0) is 55.2 Å². The van der Waals surface area contributed by atoms with Crippen LogP contribution in [0.3, 0.4) is 0 Å². The number of amides is 2. The molecule has 0 spiro atoms. The molecule has 0 heterocycles. The number of unbranched alkanes of at least 4 members (excludes halogenated alkanes) is 1. The molecule has 7 nitrogen and oxygen atoms in total. The number of nitrogens with one attached hydrogen (secondary N) is 2. The Morgan fingerprint density at radius 1 is 0.871 bits per heavy atom. The van der Waals surface area contributed by atoms with Crippen LogP contribution in [0.4, 0.5) is 4.79 Å². The molecule has 164 valence electrons. The van der Waals surface area contributed by atoms with Gasteiger partial charge in [-0.2, -0.15) is 5.48 Å². The number of hydrogen-bond acceptors (Lipinski definition) is 4. The lowest BCUT2D eigenvalue weighted by molar-refractivity contribution is -0.163. The van der Waals surface area contributed by atoms with Gasteiger partial charge >= 0.3 is 12.1 Å². The molecule has 3 rings (SSSR count). The highest BCUT2D eigenvalue weighted by molar-refractivity contribution is 5.84. The Hall–Kier alpha value is -3.35. The van der Waals surface area contributed by atoms with Gasteiger partial charge in [-0.15, -0.1) is 0 Å². The largest absolute Gasteiger partial charge is 0.465 e. The van der Waals surface area contributed by atoms with E-state index in [-0.39, 0.29) is 13.0 Å². The predicted octanol–water partition coefficient (Wildman–Crippen LogP) is 3.42. The molecule has 2 aromatic carbocycles. The minimum atomic E-state index is -1.19. The topological polar surface area (TPSA) is 105 Å². The molecule has 2 amide bonds. The van der Waals surface area contributed by atoms with Gasteiger partial charge in [0.2, 0.25) is 0 Å². The van der Waals surface area contributed by atoms with Crippen molar-refractivity contribution in [2.75, 3.05) is 6.54 Å². The summed E-state index contributed by atoms with van der Waals surface area (Å²) in [6.07, 6.45) is 4.27. The first-order chi connectivity index (χ1) is 15.0. The highest BCUT2D eigenvalue weighted by atomic mass is 16.7. The lowest BCUT2D eigenvalue weighted by atomic mass is 10.0. The minimum Gasteiger partial charge on any atom is -0.465 e. The summed E-state index contributed by atoms with van der Waals surface area (Å²) < 4.78 is 0. The lowest BCUT2D eigenvalue weighted by Crippen LogP contribution is -2.38. The third-order valence-corrected chi connectivity index (χ3v) is 5.53. The number of carbonyl (C=O) groups is 3. The van der Waals surface area contributed by atoms with Crippen LogP contribution < -0.4 is 10.8 Å². The molecule has 2 aromatic rings. The maximum Gasteiger partial charge on any atom is 0.404 e. The summed E-state index contributed by atoms with van der Waals surface area (Å²) in [7, 11) is 0. The van der Waals surface area contributed by atoms with E-state index >= 15 is 0 Å². The minimum absolute atomic E-state index is 0.0101. The van der Waals surface area contributed by atoms with Crippen molar-refractivity contribution in [3.8, 4) is 0 Å². The Balaban J connectivity index is 1.35. The van der Waals surface area contributed by atoms with Gasteiger partial charge in [0.15, 0.2) is 0 Å². The molecule has 0 radical (unpaired) electrons. The molecule has 0 saturated heterocycles. The van der Waals surface area contributed by atoms with Crippen molar-refractivity contribution in [2.24, 2.45) is 5.41 Å². The van der Waals surface area contributed by atoms with Crippen molar-refractivity contribution < 1.29 is 24.3 Å². The maximum atomic E-state index is 12.1. The van der Waals surface area contributed by atoms with Gasteiger partial charge in [0.05, 0.1) is 11.8 Å². The van der Waals surface area contributed by atoms with E-state index in [1.54, 1.807) is 0 Å². The molecule has 1 aliphatic carbocycles. The van der Waals surface area contributed by atoms with E-state index in [0.717, 1.165) is 31.2 Å². The fourth-order valence-electron chi connectivity index (χ4n) is 3.41. The van der Waals surface area contributed by atoms with E-state index in [9.17, 15) is 14.4 Å². The molecule has 31 heavy (non-hydrogen) atoms. The van der Waals surface area contributed by atoms with Crippen LogP contribution in [-0.2, 0) is 33.7 Å². The monoisotopic (exact) mass is 424 g/mol. The van der Waals surface area contributed by atoms with Crippen molar-refractivity contribution in [3.63, 3.8) is 0 Å². The lowest BCUT2D eigenvalue weighted by Gasteiger charge is -2.13. The van der Waals surface area contributed by atoms with Crippen LogP contribution in [0.2, 0.25) is 0 Å². The van der Waals surface area contributed by atoms with Crippen LogP contribution in [0.15, 0.2) is 54.6 Å². The van der Waals surface area contributed by atoms with E-state index < -0.39 is 23.4 Å². The third-order valence-electron chi connectivity index (χ3n) is 5.53. The van der Waals surface area contributed by atoms with E-state index in [0.29, 0.717) is 12.8 Å². The second kappa shape index (κ2) is 10.6. The van der Waals surface area contributed by atoms with Gasteiger partial charge in [0.1, 0.15) is 0 Å². The van der Waals surface area contributed by atoms with Crippen LogP contribution in [0.25, 0.3) is 0 Å². The molecule has 0 atom stereocenters. The van der Waals surface area contributed by atoms with E-state index in [4.69, 9.17) is 9.94 Å². The molecular formula is C24H28N2O5. The maximum absolute atomic E-state index is 12.1. The van der Waals surface area contributed by atoms with Crippen LogP contribution in [-0.4, -0.2) is 29.6 Å². The number of hydroxylamine groups is 1. The molecule has 1 fully saturated rings. The van der Waals surface area contributed by atoms with Crippen LogP contribution >= 0.6 is 0 Å². The third kappa shape index (κ3) is 7.13. The zero-order valence-electron chi connectivity index (χ0n) is 17.4. The van der Waals surface area contributed by atoms with Gasteiger partial charge in [0, 0.05) is 6.54 Å². The fourth-order valence-corrected chi connectivity index (χ4v) is 3.41. The normalized spacial score (nSPS) is 13.8. The average Bonchev–Trinajstić information content (AvgIpc) is 3.57. The first-order valence-electron chi connectivity index (χ1n) is 10.6. The van der Waals surface area contributed by atoms with E-state index in [1.165, 1.54) is 11.1 Å². The molecule has 3 N–H and O–H groups in total. The quantitative estimate of drug-likeness (QED) is 0.400. The van der Waals surface area contributed by atoms with Crippen LogP contribution in [0, 0.1) is 5.41 Å². The van der Waals surface area contributed by atoms with Crippen LogP contribution in [0.1, 0.15) is 42.4 Å². The number of hydrogen-bond donors (Lipinski definition) is 3. The highest BCUT2D eigenvalue weighted by Gasteiger charge is 2.52. The van der Waals surface area contributed by atoms with Crippen molar-refractivity contribution in [3.05, 3.63) is 71.3 Å². The summed E-state index contributed by atoms with van der Waals surface area (Å²) in [5, 5.41) is 10.9. The van der Waals surface area contributed by atoms with Gasteiger partial charge < -0.3 is 15.3 Å². The number of rotatable bonds is 10. The van der Waals surface area contributed by atoms with E-state index in [2.05, 4.69) is 35.1 Å². The molecule has 0 aliphatic heterocycles. The highest BCUT2D eigenvalue weighted by Crippen LogP contribution is 2.45. The summed E-state index contributed by atoms with van der Waals surface area (Å²) in [5.41, 5.74) is 4.73. The van der Waals surface area contributed by atoms with Crippen molar-refractivity contribution in [1.82, 2.24) is 10.8 Å². The van der Waals surface area contributed by atoms with Gasteiger partial charge in [-0.3, -0.25) is 4.79 Å². The summed E-state index contributed by atoms with van der Waals surface area (Å²) in [6, 6.07) is 18.3. The van der Waals surface area contributed by atoms with Gasteiger partial charge in [-0.1, -0.05) is 54.6 Å². The Morgan fingerprint density at radius 2 is 1.45 bits per heavy atom. The summed E-state index contributed by atoms with van der Waals surface area (Å²) in [4.78, 5) is 39.6. The fraction of sp³-hybridized carbons (Fsp3) is 0.375. The number of carbonyl (C=O) groups excluding carboxylic acids is 2. The molecule has 0 unspecified atom stereocenters. The van der Waals surface area contributed by atoms with Crippen LogP contribution in [0.5, 0.6) is 0 Å². The first-order valence-corrected chi connectivity index (χ1v) is 10.6. The Morgan fingerprint density at radius 3 is 2.03 bits per heavy atom. The van der Waals surface area contributed by atoms with Crippen molar-refractivity contribution in [2.45, 2.75) is 44.9 Å². The average molecular weight is 424 g/mol. The summed E-state index contributed by atoms with van der Waals surface area (Å²) in [6.45, 7) is -0.0101. The summed E-state index contributed by atoms with van der Waals surface area (Å²) >= 11 is 0. The standard InChI is InChI=1S/C24H28N2O5/c27-21(26-31-22(28)24(14-15-24)17-25-23(29)30)16-20-12-10-19(11-13-20)9-5-4-8-18-6-2-1-3-7-18/h1-3,6-7,10-13,25H,4-5,8-9,14-17H2,(H,26,27)(H,29,30). The van der Waals surface area contributed by atoms with Gasteiger partial charge in [-0.25, -0.2) is 9.59 Å². The Bertz CT molecular complexity index is 892. The molecule has 0 aromatic heterocycles. The Kier molecular flexibility index (Phi) is 7.65. The first kappa shape index (κ1) is 22.3. The van der Waals surface area contributed by atoms with Gasteiger partial charge in [0.25, 0.3) is 5.91 Å². The number of carboxylic acid groups (broad SMARTS) is 1. The second-order valence-electron chi connectivity index (χ2n) is 8.04. The van der Waals surface area contributed by atoms with E-state index in [1.807, 2.05) is 30.3 Å². The molecule has 1 aliphatic rings. The smallest absolute Gasteiger partial charge is 0.404 e. The zero-order chi connectivity index (χ0) is 22.1. The van der Waals surface area contributed by atoms with Crippen molar-refractivity contribution >= 4 is 18.0 Å². The second-order valence-corrected chi connectivity index (χ2v) is 8.04. The molecule has 1 saturated carbocycles. The molecule has 7 heteroatoms. The number of benzene rings is 2. The van der Waals surface area contributed by atoms with Crippen molar-refractivity contribution in [1.29, 1.82) is 0 Å². The predicted molar refractivity (Wildman–Crippen MR) is 115 cm³/mol. The SMILES string of the molecule is O=C(O)NCC1(C(=O)ONC(=O)Cc2ccc(CCCCc3ccccc3)cc2)CC1. The number of aryl methyl sites for hydroxylation is 2. The summed E-state index contributed by atoms with van der Waals surface area (Å²) in [5.74, 6) is -1.04. The molecular weight excluding hydrogens is 396 g/mol. The molecule has 0 bridgehead atoms. The Labute approximate surface area is 181 Å².